The van der Waals surface area contributed by atoms with E-state index in [4.69, 9.17) is 0 Å². The van der Waals surface area contributed by atoms with Gasteiger partial charge in [-0.05, 0) is 32.5 Å². The summed E-state index contributed by atoms with van der Waals surface area (Å²) in [7, 11) is 4.12. The summed E-state index contributed by atoms with van der Waals surface area (Å²) in [5, 5.41) is 4.41. The number of carbonyl (C=O) groups is 1. The van der Waals surface area contributed by atoms with Crippen molar-refractivity contribution >= 4 is 5.91 Å². The predicted octanol–water partition coefficient (Wildman–Crippen LogP) is 0.984. The van der Waals surface area contributed by atoms with Crippen LogP contribution in [0.15, 0.2) is 12.3 Å². The molecular formula is C14H22N4O. The first-order chi connectivity index (χ1) is 9.06. The lowest BCUT2D eigenvalue weighted by Crippen LogP contribution is -2.45. The van der Waals surface area contributed by atoms with E-state index in [1.54, 1.807) is 0 Å². The van der Waals surface area contributed by atoms with Gasteiger partial charge in [-0.25, -0.2) is 0 Å². The fraction of sp³-hybridized carbons (Fsp3) is 0.714. The first-order valence-corrected chi connectivity index (χ1v) is 7.02. The van der Waals surface area contributed by atoms with Crippen LogP contribution in [-0.4, -0.2) is 52.7 Å². The molecule has 1 aromatic rings. The molecule has 2 heterocycles. The van der Waals surface area contributed by atoms with E-state index < -0.39 is 0 Å². The van der Waals surface area contributed by atoms with Crippen LogP contribution in [0.25, 0.3) is 0 Å². The van der Waals surface area contributed by atoms with Crippen LogP contribution in [-0.2, 0) is 11.3 Å². The Labute approximate surface area is 114 Å². The first-order valence-electron chi connectivity index (χ1n) is 7.02. The van der Waals surface area contributed by atoms with Gasteiger partial charge in [0.25, 0.3) is 0 Å². The molecule has 0 spiro atoms. The molecule has 0 radical (unpaired) electrons. The average molecular weight is 262 g/mol. The summed E-state index contributed by atoms with van der Waals surface area (Å²) in [6.45, 7) is 4.58. The standard InChI is InChI=1S/C14H22N4O/c1-10-6-13(10)14(19)17-8-11-4-5-15-18(11)12(9-17)7-16(2)3/h4-5,10,12-13H,6-9H2,1-3H3. The number of fused-ring (bicyclic) bond motifs is 1. The molecule has 0 bridgehead atoms. The van der Waals surface area contributed by atoms with Crippen molar-refractivity contribution in [1.29, 1.82) is 0 Å². The summed E-state index contributed by atoms with van der Waals surface area (Å²) >= 11 is 0. The highest BCUT2D eigenvalue weighted by Crippen LogP contribution is 2.40. The fourth-order valence-corrected chi connectivity index (χ4v) is 3.01. The highest BCUT2D eigenvalue weighted by atomic mass is 16.2. The van der Waals surface area contributed by atoms with Gasteiger partial charge in [-0.2, -0.15) is 5.10 Å². The highest BCUT2D eigenvalue weighted by molar-refractivity contribution is 5.81. The van der Waals surface area contributed by atoms with E-state index in [1.807, 2.05) is 17.2 Å². The molecule has 3 atom stereocenters. The fourth-order valence-electron chi connectivity index (χ4n) is 3.01. The van der Waals surface area contributed by atoms with Crippen molar-refractivity contribution in [2.75, 3.05) is 27.2 Å². The Balaban J connectivity index is 1.78. The third-order valence-corrected chi connectivity index (χ3v) is 4.20. The van der Waals surface area contributed by atoms with E-state index in [0.29, 0.717) is 18.4 Å². The minimum atomic E-state index is 0.270. The number of hydrogen-bond donors (Lipinski definition) is 0. The van der Waals surface area contributed by atoms with E-state index in [1.165, 1.54) is 0 Å². The van der Waals surface area contributed by atoms with Gasteiger partial charge in [0.05, 0.1) is 18.3 Å². The molecular weight excluding hydrogens is 240 g/mol. The molecule has 5 nitrogen and oxygen atoms in total. The zero-order valence-electron chi connectivity index (χ0n) is 11.9. The molecule has 0 N–H and O–H groups in total. The second kappa shape index (κ2) is 4.63. The summed E-state index contributed by atoms with van der Waals surface area (Å²) in [5.41, 5.74) is 1.15. The molecule has 2 aliphatic rings. The largest absolute Gasteiger partial charge is 0.334 e. The molecule has 0 saturated heterocycles. The number of carbonyl (C=O) groups excluding carboxylic acids is 1. The molecule has 19 heavy (non-hydrogen) atoms. The van der Waals surface area contributed by atoms with Crippen LogP contribution in [0, 0.1) is 11.8 Å². The van der Waals surface area contributed by atoms with Gasteiger partial charge in [-0.1, -0.05) is 6.92 Å². The van der Waals surface area contributed by atoms with E-state index in [-0.39, 0.29) is 12.0 Å². The van der Waals surface area contributed by atoms with Crippen molar-refractivity contribution in [2.45, 2.75) is 25.9 Å². The molecule has 1 amide bonds. The van der Waals surface area contributed by atoms with Gasteiger partial charge in [-0.15, -0.1) is 0 Å². The smallest absolute Gasteiger partial charge is 0.226 e. The minimum Gasteiger partial charge on any atom is -0.334 e. The lowest BCUT2D eigenvalue weighted by molar-refractivity contribution is -0.135. The number of nitrogens with zero attached hydrogens (tertiary/aromatic N) is 4. The van der Waals surface area contributed by atoms with Gasteiger partial charge in [0, 0.05) is 25.2 Å². The normalized spacial score (nSPS) is 29.5. The molecule has 1 saturated carbocycles. The lowest BCUT2D eigenvalue weighted by atomic mass is 10.1. The maximum atomic E-state index is 12.4. The highest BCUT2D eigenvalue weighted by Gasteiger charge is 2.43. The van der Waals surface area contributed by atoms with Crippen LogP contribution in [0.4, 0.5) is 0 Å². The number of likely N-dealkylation sites (N-methyl/N-ethyl adjacent to an activating group) is 1. The Hall–Kier alpha value is -1.36. The second-order valence-electron chi connectivity index (χ2n) is 6.22. The van der Waals surface area contributed by atoms with Gasteiger partial charge in [0.1, 0.15) is 0 Å². The topological polar surface area (TPSA) is 41.4 Å². The van der Waals surface area contributed by atoms with Crippen LogP contribution >= 0.6 is 0 Å². The van der Waals surface area contributed by atoms with Crippen molar-refractivity contribution in [3.05, 3.63) is 18.0 Å². The quantitative estimate of drug-likeness (QED) is 0.815. The predicted molar refractivity (Wildman–Crippen MR) is 72.5 cm³/mol. The Morgan fingerprint density at radius 2 is 2.26 bits per heavy atom. The summed E-state index contributed by atoms with van der Waals surface area (Å²) in [5.74, 6) is 1.19. The maximum absolute atomic E-state index is 12.4. The Kier molecular flexibility index (Phi) is 3.09. The molecule has 1 aromatic heterocycles. The van der Waals surface area contributed by atoms with Gasteiger partial charge in [0.2, 0.25) is 5.91 Å². The van der Waals surface area contributed by atoms with Crippen LogP contribution in [0.5, 0.6) is 0 Å². The molecule has 3 unspecified atom stereocenters. The van der Waals surface area contributed by atoms with Crippen molar-refractivity contribution in [1.82, 2.24) is 19.6 Å². The monoisotopic (exact) mass is 262 g/mol. The molecule has 1 aliphatic heterocycles. The summed E-state index contributed by atoms with van der Waals surface area (Å²) in [4.78, 5) is 16.6. The van der Waals surface area contributed by atoms with E-state index in [2.05, 4.69) is 35.7 Å². The van der Waals surface area contributed by atoms with Gasteiger partial charge >= 0.3 is 0 Å². The Morgan fingerprint density at radius 3 is 2.89 bits per heavy atom. The first kappa shape index (κ1) is 12.7. The van der Waals surface area contributed by atoms with Gasteiger partial charge in [0.15, 0.2) is 0 Å². The molecule has 3 rings (SSSR count). The minimum absolute atomic E-state index is 0.270. The van der Waals surface area contributed by atoms with Crippen LogP contribution in [0.1, 0.15) is 25.1 Å². The van der Waals surface area contributed by atoms with Crippen molar-refractivity contribution in [2.24, 2.45) is 11.8 Å². The van der Waals surface area contributed by atoms with Gasteiger partial charge in [-0.3, -0.25) is 9.48 Å². The number of amides is 1. The van der Waals surface area contributed by atoms with E-state index in [9.17, 15) is 4.79 Å². The van der Waals surface area contributed by atoms with Crippen LogP contribution in [0.3, 0.4) is 0 Å². The zero-order chi connectivity index (χ0) is 13.6. The Morgan fingerprint density at radius 1 is 1.53 bits per heavy atom. The van der Waals surface area contributed by atoms with E-state index >= 15 is 0 Å². The number of aromatic nitrogens is 2. The van der Waals surface area contributed by atoms with Gasteiger partial charge < -0.3 is 9.80 Å². The van der Waals surface area contributed by atoms with Crippen molar-refractivity contribution < 1.29 is 4.79 Å². The third kappa shape index (κ3) is 2.39. The summed E-state index contributed by atoms with van der Waals surface area (Å²) < 4.78 is 2.08. The number of rotatable bonds is 3. The molecule has 5 heteroatoms. The molecule has 1 fully saturated rings. The molecule has 0 aromatic carbocycles. The second-order valence-corrected chi connectivity index (χ2v) is 6.22. The summed E-state index contributed by atoms with van der Waals surface area (Å²) in [6.07, 6.45) is 2.90. The van der Waals surface area contributed by atoms with Crippen molar-refractivity contribution in [3.63, 3.8) is 0 Å². The lowest BCUT2D eigenvalue weighted by Gasteiger charge is -2.35. The maximum Gasteiger partial charge on any atom is 0.226 e. The zero-order valence-corrected chi connectivity index (χ0v) is 11.9. The third-order valence-electron chi connectivity index (χ3n) is 4.20. The Bertz CT molecular complexity index is 482. The summed E-state index contributed by atoms with van der Waals surface area (Å²) in [6, 6.07) is 2.30. The SMILES string of the molecule is CC1CC1C(=O)N1Cc2ccnn2C(CN(C)C)C1. The van der Waals surface area contributed by atoms with Crippen LogP contribution < -0.4 is 0 Å². The number of hydrogen-bond acceptors (Lipinski definition) is 3. The van der Waals surface area contributed by atoms with E-state index in [0.717, 1.165) is 25.2 Å². The van der Waals surface area contributed by atoms with Crippen molar-refractivity contribution in [3.8, 4) is 0 Å². The average Bonchev–Trinajstić information content (AvgIpc) is 2.89. The van der Waals surface area contributed by atoms with Crippen LogP contribution in [0.2, 0.25) is 0 Å². The molecule has 1 aliphatic carbocycles. The molecule has 104 valence electrons.